The van der Waals surface area contributed by atoms with Gasteiger partial charge in [0.05, 0.1) is 6.61 Å². The molecule has 0 aromatic rings. The predicted molar refractivity (Wildman–Crippen MR) is 92.6 cm³/mol. The summed E-state index contributed by atoms with van der Waals surface area (Å²) in [5.41, 5.74) is 0. The number of esters is 1. The van der Waals surface area contributed by atoms with Crippen LogP contribution in [0.5, 0.6) is 0 Å². The third-order valence-corrected chi connectivity index (χ3v) is 5.25. The van der Waals surface area contributed by atoms with Crippen molar-refractivity contribution in [2.75, 3.05) is 6.61 Å². The minimum atomic E-state index is -0.353. The topological polar surface area (TPSA) is 47.9 Å². The maximum Gasteiger partial charge on any atom is 0.331 e. The van der Waals surface area contributed by atoms with E-state index >= 15 is 0 Å². The van der Waals surface area contributed by atoms with Crippen molar-refractivity contribution in [3.8, 4) is 0 Å². The molecule has 0 spiro atoms. The number of nitrogens with zero attached hydrogens (tertiary/aromatic N) is 1. The Morgan fingerprint density at radius 1 is 1.13 bits per heavy atom. The van der Waals surface area contributed by atoms with E-state index in [-0.39, 0.29) is 24.0 Å². The lowest BCUT2D eigenvalue weighted by Gasteiger charge is -2.31. The molecule has 0 amide bonds. The first-order valence-electron chi connectivity index (χ1n) is 9.58. The van der Waals surface area contributed by atoms with Gasteiger partial charge in [0.15, 0.2) is 12.4 Å². The van der Waals surface area contributed by atoms with Gasteiger partial charge in [0.2, 0.25) is 0 Å². The summed E-state index contributed by atoms with van der Waals surface area (Å²) in [6, 6.07) is -0.353. The molecule has 0 aromatic carbocycles. The molecule has 1 heterocycles. The van der Waals surface area contributed by atoms with Crippen LogP contribution in [0.3, 0.4) is 0 Å². The molecule has 0 radical (unpaired) electrons. The molecule has 4 heteroatoms. The van der Waals surface area contributed by atoms with Gasteiger partial charge in [-0.15, -0.1) is 0 Å². The number of ether oxygens (including phenoxy) is 2. The van der Waals surface area contributed by atoms with Gasteiger partial charge in [0, 0.05) is 5.92 Å². The zero-order valence-electron chi connectivity index (χ0n) is 14.8. The summed E-state index contributed by atoms with van der Waals surface area (Å²) >= 11 is 0. The molecular formula is C19H33NO3. The van der Waals surface area contributed by atoms with E-state index in [1.807, 2.05) is 0 Å². The van der Waals surface area contributed by atoms with Crippen molar-refractivity contribution in [3.05, 3.63) is 0 Å². The highest BCUT2D eigenvalue weighted by Crippen LogP contribution is 2.30. The monoisotopic (exact) mass is 323 g/mol. The van der Waals surface area contributed by atoms with Crippen molar-refractivity contribution in [1.29, 1.82) is 0 Å². The zero-order valence-corrected chi connectivity index (χ0v) is 14.8. The molecule has 1 saturated carbocycles. The van der Waals surface area contributed by atoms with Gasteiger partial charge in [-0.25, -0.2) is 9.79 Å². The summed E-state index contributed by atoms with van der Waals surface area (Å²) in [6.45, 7) is 5.03. The number of aliphatic imine (C=N–C) groups is 1. The Hall–Kier alpha value is -1.06. The van der Waals surface area contributed by atoms with Crippen LogP contribution < -0.4 is 0 Å². The van der Waals surface area contributed by atoms with E-state index in [1.165, 1.54) is 44.9 Å². The van der Waals surface area contributed by atoms with Crippen LogP contribution in [0.2, 0.25) is 0 Å². The second-order valence-electron chi connectivity index (χ2n) is 7.16. The van der Waals surface area contributed by atoms with Crippen LogP contribution >= 0.6 is 0 Å². The quantitative estimate of drug-likeness (QED) is 0.487. The van der Waals surface area contributed by atoms with Gasteiger partial charge in [-0.1, -0.05) is 46.0 Å². The fraction of sp³-hybridized carbons (Fsp3) is 0.895. The number of carbonyl (C=O) groups excluding carboxylic acids is 1. The molecule has 2 aliphatic rings. The summed E-state index contributed by atoms with van der Waals surface area (Å²) in [4.78, 5) is 16.8. The summed E-state index contributed by atoms with van der Waals surface area (Å²) in [7, 11) is 0. The van der Waals surface area contributed by atoms with E-state index in [2.05, 4.69) is 18.8 Å². The van der Waals surface area contributed by atoms with Crippen LogP contribution in [0, 0.1) is 11.8 Å². The minimum Gasteiger partial charge on any atom is -0.483 e. The average molecular weight is 323 g/mol. The van der Waals surface area contributed by atoms with E-state index in [4.69, 9.17) is 9.47 Å². The number of rotatable bonds is 8. The molecule has 1 aliphatic heterocycles. The van der Waals surface area contributed by atoms with Crippen LogP contribution in [0.25, 0.3) is 0 Å². The van der Waals surface area contributed by atoms with E-state index in [0.29, 0.717) is 6.61 Å². The van der Waals surface area contributed by atoms with Crippen molar-refractivity contribution in [1.82, 2.24) is 0 Å². The second kappa shape index (κ2) is 9.94. The molecule has 0 N–H and O–H groups in total. The van der Waals surface area contributed by atoms with Crippen LogP contribution in [0.1, 0.15) is 78.1 Å². The Balaban J connectivity index is 1.79. The number of hydrogen-bond donors (Lipinski definition) is 0. The highest BCUT2D eigenvalue weighted by atomic mass is 16.5. The lowest BCUT2D eigenvalue weighted by molar-refractivity contribution is -0.154. The van der Waals surface area contributed by atoms with Gasteiger partial charge in [-0.05, 0) is 38.0 Å². The first-order valence-corrected chi connectivity index (χ1v) is 9.58. The Morgan fingerprint density at radius 3 is 2.61 bits per heavy atom. The predicted octanol–water partition coefficient (Wildman–Crippen LogP) is 4.51. The van der Waals surface area contributed by atoms with Crippen LogP contribution in [-0.2, 0) is 14.3 Å². The smallest absolute Gasteiger partial charge is 0.331 e. The van der Waals surface area contributed by atoms with Gasteiger partial charge in [-0.2, -0.15) is 0 Å². The van der Waals surface area contributed by atoms with Crippen molar-refractivity contribution >= 4 is 12.4 Å². The second-order valence-corrected chi connectivity index (χ2v) is 7.16. The van der Waals surface area contributed by atoms with Crippen molar-refractivity contribution in [2.24, 2.45) is 16.8 Å². The van der Waals surface area contributed by atoms with Crippen LogP contribution in [0.15, 0.2) is 4.99 Å². The van der Waals surface area contributed by atoms with Crippen LogP contribution in [-0.4, -0.2) is 31.1 Å². The maximum atomic E-state index is 12.5. The Bertz CT molecular complexity index is 375. The SMILES string of the molecule is CCCCC[C@H]1COC=N[C@@H]1C(=O)OC1CCC(CCC)CC1. The Morgan fingerprint density at radius 2 is 1.91 bits per heavy atom. The fourth-order valence-electron chi connectivity index (χ4n) is 3.82. The largest absolute Gasteiger partial charge is 0.483 e. The first-order chi connectivity index (χ1) is 11.2. The molecule has 0 saturated heterocycles. The first kappa shape index (κ1) is 18.3. The number of carbonyl (C=O) groups is 1. The molecule has 1 aliphatic carbocycles. The summed E-state index contributed by atoms with van der Waals surface area (Å²) in [5, 5.41) is 0. The van der Waals surface area contributed by atoms with Crippen molar-refractivity contribution < 1.29 is 14.3 Å². The van der Waals surface area contributed by atoms with Gasteiger partial charge in [0.1, 0.15) is 6.10 Å². The fourth-order valence-corrected chi connectivity index (χ4v) is 3.82. The lowest BCUT2D eigenvalue weighted by atomic mass is 9.84. The molecule has 2 atom stereocenters. The van der Waals surface area contributed by atoms with E-state index < -0.39 is 0 Å². The third-order valence-electron chi connectivity index (χ3n) is 5.25. The molecule has 0 aromatic heterocycles. The summed E-state index contributed by atoms with van der Waals surface area (Å²) in [6.07, 6.45) is 13.0. The molecular weight excluding hydrogens is 290 g/mol. The normalized spacial score (nSPS) is 30.7. The average Bonchev–Trinajstić information content (AvgIpc) is 2.57. The zero-order chi connectivity index (χ0) is 16.5. The van der Waals surface area contributed by atoms with Gasteiger partial charge >= 0.3 is 5.97 Å². The van der Waals surface area contributed by atoms with E-state index in [1.54, 1.807) is 0 Å². The Kier molecular flexibility index (Phi) is 7.90. The van der Waals surface area contributed by atoms with E-state index in [0.717, 1.165) is 31.6 Å². The van der Waals surface area contributed by atoms with E-state index in [9.17, 15) is 4.79 Å². The van der Waals surface area contributed by atoms with Gasteiger partial charge < -0.3 is 9.47 Å². The number of unbranched alkanes of at least 4 members (excludes halogenated alkanes) is 2. The molecule has 2 rings (SSSR count). The molecule has 4 nitrogen and oxygen atoms in total. The highest BCUT2D eigenvalue weighted by molar-refractivity contribution is 5.78. The van der Waals surface area contributed by atoms with Gasteiger partial charge in [-0.3, -0.25) is 0 Å². The van der Waals surface area contributed by atoms with Gasteiger partial charge in [0.25, 0.3) is 0 Å². The Labute approximate surface area is 141 Å². The summed E-state index contributed by atoms with van der Waals surface area (Å²) in [5.74, 6) is 0.873. The van der Waals surface area contributed by atoms with Crippen LogP contribution in [0.4, 0.5) is 0 Å². The molecule has 23 heavy (non-hydrogen) atoms. The molecule has 1 fully saturated rings. The highest BCUT2D eigenvalue weighted by Gasteiger charge is 2.33. The third kappa shape index (κ3) is 5.82. The summed E-state index contributed by atoms with van der Waals surface area (Å²) < 4.78 is 11.1. The van der Waals surface area contributed by atoms with Crippen molar-refractivity contribution in [2.45, 2.75) is 90.2 Å². The number of hydrogen-bond acceptors (Lipinski definition) is 4. The minimum absolute atomic E-state index is 0.102. The maximum absolute atomic E-state index is 12.5. The molecule has 132 valence electrons. The lowest BCUT2D eigenvalue weighted by Crippen LogP contribution is -2.38. The van der Waals surface area contributed by atoms with Crippen molar-refractivity contribution in [3.63, 3.8) is 0 Å². The molecule has 0 bridgehead atoms. The molecule has 0 unspecified atom stereocenters. The standard InChI is InChI=1S/C19H33NO3/c1-3-5-6-8-16-13-22-14-20-18(16)19(21)23-17-11-9-15(7-4-2)10-12-17/h14-18H,3-13H2,1-2H3/t15?,16-,17?,18-/m0/s1.